The third-order valence-electron chi connectivity index (χ3n) is 2.67. The second kappa shape index (κ2) is 4.82. The maximum absolute atomic E-state index is 11.9. The summed E-state index contributed by atoms with van der Waals surface area (Å²) < 4.78 is 0. The molecule has 0 spiro atoms. The topological polar surface area (TPSA) is 75.4 Å². The van der Waals surface area contributed by atoms with Crippen LogP contribution in [-0.2, 0) is 9.59 Å². The van der Waals surface area contributed by atoms with Gasteiger partial charge in [0.2, 0.25) is 11.8 Å². The first-order chi connectivity index (χ1) is 7.30. The van der Waals surface area contributed by atoms with Gasteiger partial charge in [-0.3, -0.25) is 9.59 Å². The van der Waals surface area contributed by atoms with Gasteiger partial charge in [0.25, 0.3) is 0 Å². The summed E-state index contributed by atoms with van der Waals surface area (Å²) in [5, 5.41) is 2.84. The number of nitrogens with zero attached hydrogens (tertiary/aromatic N) is 1. The average Bonchev–Trinajstić information content (AvgIpc) is 2.14. The van der Waals surface area contributed by atoms with Crippen molar-refractivity contribution in [2.75, 3.05) is 13.1 Å². The van der Waals surface area contributed by atoms with E-state index in [1.54, 1.807) is 18.7 Å². The van der Waals surface area contributed by atoms with Crippen LogP contribution >= 0.6 is 0 Å². The largest absolute Gasteiger partial charge is 0.352 e. The number of likely N-dealkylation sites (tertiary alicyclic amines) is 1. The lowest BCUT2D eigenvalue weighted by molar-refractivity contribution is -0.137. The number of hydrogen-bond donors (Lipinski definition) is 2. The molecule has 0 aromatic heterocycles. The molecule has 0 aromatic rings. The standard InChI is InChI=1S/C11H21N3O2/c1-8(15)13-9-5-4-6-14(7-9)10(16)11(2,3)12/h9H,4-7,12H2,1-3H3,(H,13,15). The molecular formula is C11H21N3O2. The highest BCUT2D eigenvalue weighted by molar-refractivity contribution is 5.85. The molecule has 3 N–H and O–H groups in total. The molecule has 0 aromatic carbocycles. The van der Waals surface area contributed by atoms with E-state index in [0.29, 0.717) is 6.54 Å². The number of nitrogens with one attached hydrogen (secondary N) is 1. The van der Waals surface area contributed by atoms with E-state index in [-0.39, 0.29) is 17.9 Å². The van der Waals surface area contributed by atoms with Crippen LogP contribution in [0.4, 0.5) is 0 Å². The van der Waals surface area contributed by atoms with Crippen molar-refractivity contribution < 1.29 is 9.59 Å². The van der Waals surface area contributed by atoms with Gasteiger partial charge in [0.05, 0.1) is 5.54 Å². The molecular weight excluding hydrogens is 206 g/mol. The van der Waals surface area contributed by atoms with Crippen molar-refractivity contribution in [1.29, 1.82) is 0 Å². The lowest BCUT2D eigenvalue weighted by atomic mass is 10.0. The fraction of sp³-hybridized carbons (Fsp3) is 0.818. The van der Waals surface area contributed by atoms with Gasteiger partial charge in [-0.2, -0.15) is 0 Å². The molecule has 1 unspecified atom stereocenters. The molecule has 1 atom stereocenters. The van der Waals surface area contributed by atoms with Gasteiger partial charge in [0.1, 0.15) is 0 Å². The van der Waals surface area contributed by atoms with Crippen molar-refractivity contribution in [1.82, 2.24) is 10.2 Å². The summed E-state index contributed by atoms with van der Waals surface area (Å²) in [6.45, 7) is 6.21. The number of piperidine rings is 1. The predicted molar refractivity (Wildman–Crippen MR) is 61.7 cm³/mol. The van der Waals surface area contributed by atoms with Crippen LogP contribution in [0.1, 0.15) is 33.6 Å². The fourth-order valence-corrected chi connectivity index (χ4v) is 1.97. The Morgan fingerprint density at radius 1 is 1.44 bits per heavy atom. The molecule has 1 aliphatic heterocycles. The Labute approximate surface area is 96.4 Å². The third-order valence-corrected chi connectivity index (χ3v) is 2.67. The first kappa shape index (κ1) is 13.0. The number of amides is 2. The molecule has 5 nitrogen and oxygen atoms in total. The molecule has 1 heterocycles. The molecule has 92 valence electrons. The second-order valence-electron chi connectivity index (χ2n) is 5.01. The highest BCUT2D eigenvalue weighted by Gasteiger charge is 2.31. The van der Waals surface area contributed by atoms with Crippen molar-refractivity contribution in [3.8, 4) is 0 Å². The highest BCUT2D eigenvalue weighted by Crippen LogP contribution is 2.14. The number of nitrogens with two attached hydrogens (primary N) is 1. The van der Waals surface area contributed by atoms with Crippen LogP contribution in [0.3, 0.4) is 0 Å². The highest BCUT2D eigenvalue weighted by atomic mass is 16.2. The van der Waals surface area contributed by atoms with Gasteiger partial charge < -0.3 is 16.0 Å². The van der Waals surface area contributed by atoms with E-state index in [1.165, 1.54) is 6.92 Å². The summed E-state index contributed by atoms with van der Waals surface area (Å²) in [6, 6.07) is 0.0672. The van der Waals surface area contributed by atoms with E-state index in [1.807, 2.05) is 0 Å². The molecule has 0 radical (unpaired) electrons. The zero-order valence-corrected chi connectivity index (χ0v) is 10.2. The Balaban J connectivity index is 2.57. The van der Waals surface area contributed by atoms with Crippen molar-refractivity contribution in [3.05, 3.63) is 0 Å². The predicted octanol–water partition coefficient (Wildman–Crippen LogP) is -0.149. The lowest BCUT2D eigenvalue weighted by Crippen LogP contribution is -2.56. The molecule has 0 saturated carbocycles. The number of carbonyl (C=O) groups is 2. The summed E-state index contributed by atoms with van der Waals surface area (Å²) >= 11 is 0. The van der Waals surface area contributed by atoms with Crippen molar-refractivity contribution >= 4 is 11.8 Å². The van der Waals surface area contributed by atoms with Crippen LogP contribution in [0.15, 0.2) is 0 Å². The minimum absolute atomic E-state index is 0.0497. The zero-order valence-electron chi connectivity index (χ0n) is 10.2. The molecule has 1 aliphatic rings. The van der Waals surface area contributed by atoms with Crippen LogP contribution in [0.2, 0.25) is 0 Å². The van der Waals surface area contributed by atoms with Gasteiger partial charge in [-0.25, -0.2) is 0 Å². The van der Waals surface area contributed by atoms with Gasteiger partial charge in [-0.15, -0.1) is 0 Å². The fourth-order valence-electron chi connectivity index (χ4n) is 1.97. The normalized spacial score (nSPS) is 21.8. The van der Waals surface area contributed by atoms with Crippen molar-refractivity contribution in [2.24, 2.45) is 5.73 Å². The smallest absolute Gasteiger partial charge is 0.242 e. The van der Waals surface area contributed by atoms with Crippen LogP contribution in [0.25, 0.3) is 0 Å². The first-order valence-corrected chi connectivity index (χ1v) is 5.66. The van der Waals surface area contributed by atoms with E-state index in [9.17, 15) is 9.59 Å². The van der Waals surface area contributed by atoms with Crippen LogP contribution < -0.4 is 11.1 Å². The molecule has 5 heteroatoms. The van der Waals surface area contributed by atoms with Crippen molar-refractivity contribution in [3.63, 3.8) is 0 Å². The molecule has 0 bridgehead atoms. The Morgan fingerprint density at radius 2 is 2.06 bits per heavy atom. The monoisotopic (exact) mass is 227 g/mol. The van der Waals surface area contributed by atoms with Gasteiger partial charge in [0.15, 0.2) is 0 Å². The van der Waals surface area contributed by atoms with Gasteiger partial charge in [0, 0.05) is 26.1 Å². The van der Waals surface area contributed by atoms with E-state index in [0.717, 1.165) is 19.4 Å². The average molecular weight is 227 g/mol. The maximum Gasteiger partial charge on any atom is 0.242 e. The number of carbonyl (C=O) groups excluding carboxylic acids is 2. The van der Waals surface area contributed by atoms with Crippen LogP contribution in [0.5, 0.6) is 0 Å². The molecule has 1 saturated heterocycles. The van der Waals surface area contributed by atoms with Crippen LogP contribution in [-0.4, -0.2) is 41.4 Å². The maximum atomic E-state index is 11.9. The summed E-state index contributed by atoms with van der Waals surface area (Å²) in [7, 11) is 0. The van der Waals surface area contributed by atoms with Crippen LogP contribution in [0, 0.1) is 0 Å². The quantitative estimate of drug-likeness (QED) is 0.689. The van der Waals surface area contributed by atoms with E-state index >= 15 is 0 Å². The summed E-state index contributed by atoms with van der Waals surface area (Å²) in [4.78, 5) is 24.6. The lowest BCUT2D eigenvalue weighted by Gasteiger charge is -2.36. The molecule has 0 aliphatic carbocycles. The van der Waals surface area contributed by atoms with Crippen molar-refractivity contribution in [2.45, 2.75) is 45.2 Å². The molecule has 16 heavy (non-hydrogen) atoms. The minimum atomic E-state index is -0.835. The number of hydrogen-bond acceptors (Lipinski definition) is 3. The Kier molecular flexibility index (Phi) is 3.91. The third kappa shape index (κ3) is 3.48. The van der Waals surface area contributed by atoms with Gasteiger partial charge in [-0.05, 0) is 26.7 Å². The molecule has 1 fully saturated rings. The summed E-state index contributed by atoms with van der Waals surface area (Å²) in [5.74, 6) is -0.103. The Bertz CT molecular complexity index is 283. The number of rotatable bonds is 2. The molecule has 2 amide bonds. The summed E-state index contributed by atoms with van der Waals surface area (Å²) in [6.07, 6.45) is 1.83. The van der Waals surface area contributed by atoms with E-state index in [4.69, 9.17) is 5.73 Å². The van der Waals surface area contributed by atoms with Gasteiger partial charge >= 0.3 is 0 Å². The summed E-state index contributed by atoms with van der Waals surface area (Å²) in [5.41, 5.74) is 4.94. The SMILES string of the molecule is CC(=O)NC1CCCN(C(=O)C(C)(C)N)C1. The molecule has 1 rings (SSSR count). The van der Waals surface area contributed by atoms with E-state index in [2.05, 4.69) is 5.32 Å². The Hall–Kier alpha value is -1.10. The minimum Gasteiger partial charge on any atom is -0.352 e. The van der Waals surface area contributed by atoms with E-state index < -0.39 is 5.54 Å². The second-order valence-corrected chi connectivity index (χ2v) is 5.01. The Morgan fingerprint density at radius 3 is 2.56 bits per heavy atom. The zero-order chi connectivity index (χ0) is 12.3. The first-order valence-electron chi connectivity index (χ1n) is 5.66. The van der Waals surface area contributed by atoms with Gasteiger partial charge in [-0.1, -0.05) is 0 Å².